The van der Waals surface area contributed by atoms with E-state index in [9.17, 15) is 9.59 Å². The molecule has 3 amide bonds. The summed E-state index contributed by atoms with van der Waals surface area (Å²) in [5, 5.41) is 2.52. The molecule has 0 bridgehead atoms. The van der Waals surface area contributed by atoms with Crippen LogP contribution in [0.2, 0.25) is 0 Å². The fraction of sp³-hybridized carbons (Fsp3) is 0.429. The summed E-state index contributed by atoms with van der Waals surface area (Å²) in [4.78, 5) is 23.2. The number of allylic oxidation sites excluding steroid dienone is 1. The van der Waals surface area contributed by atoms with Crippen LogP contribution in [0.15, 0.2) is 11.3 Å². The zero-order chi connectivity index (χ0) is 9.30. The van der Waals surface area contributed by atoms with E-state index in [1.165, 1.54) is 4.90 Å². The molecular formula is C7H11N3O2. The monoisotopic (exact) mass is 169 g/mol. The predicted octanol–water partition coefficient (Wildman–Crippen LogP) is -0.599. The standard InChI is InChI=1S/C7H11N3O2/c1-4-5(6(8)11)3-9-7(12)10(4)2/h3H2,1-2H3,(H2,8,11)(H,9,12). The lowest BCUT2D eigenvalue weighted by atomic mass is 10.1. The Morgan fingerprint density at radius 2 is 2.25 bits per heavy atom. The molecule has 0 aliphatic carbocycles. The van der Waals surface area contributed by atoms with Gasteiger partial charge in [-0.15, -0.1) is 0 Å². The van der Waals surface area contributed by atoms with E-state index in [1.54, 1.807) is 14.0 Å². The highest BCUT2D eigenvalue weighted by molar-refractivity contribution is 5.96. The van der Waals surface area contributed by atoms with Gasteiger partial charge in [-0.2, -0.15) is 0 Å². The van der Waals surface area contributed by atoms with Crippen molar-refractivity contribution in [2.45, 2.75) is 6.92 Å². The fourth-order valence-electron chi connectivity index (χ4n) is 1.03. The molecule has 0 saturated heterocycles. The number of rotatable bonds is 1. The number of carbonyl (C=O) groups excluding carboxylic acids is 2. The first-order chi connectivity index (χ1) is 5.54. The van der Waals surface area contributed by atoms with Crippen LogP contribution in [0.1, 0.15) is 6.92 Å². The molecule has 1 aliphatic rings. The molecule has 0 radical (unpaired) electrons. The number of amides is 3. The summed E-state index contributed by atoms with van der Waals surface area (Å²) in [6.45, 7) is 1.92. The van der Waals surface area contributed by atoms with Crippen LogP contribution in [0.4, 0.5) is 4.79 Å². The van der Waals surface area contributed by atoms with E-state index in [0.29, 0.717) is 11.3 Å². The first-order valence-electron chi connectivity index (χ1n) is 3.55. The number of hydrogen-bond acceptors (Lipinski definition) is 2. The molecule has 0 aromatic heterocycles. The molecule has 0 spiro atoms. The molecule has 3 N–H and O–H groups in total. The molecule has 5 nitrogen and oxygen atoms in total. The zero-order valence-corrected chi connectivity index (χ0v) is 7.05. The Morgan fingerprint density at radius 3 is 2.75 bits per heavy atom. The summed E-state index contributed by atoms with van der Waals surface area (Å²) in [5.41, 5.74) is 6.16. The molecule has 1 heterocycles. The third-order valence-corrected chi connectivity index (χ3v) is 1.96. The van der Waals surface area contributed by atoms with E-state index >= 15 is 0 Å². The van der Waals surface area contributed by atoms with Gasteiger partial charge < -0.3 is 16.0 Å². The Balaban J connectivity index is 3.00. The van der Waals surface area contributed by atoms with Crippen molar-refractivity contribution in [3.05, 3.63) is 11.3 Å². The van der Waals surface area contributed by atoms with Crippen LogP contribution >= 0.6 is 0 Å². The molecule has 0 aromatic rings. The maximum Gasteiger partial charge on any atom is 0.321 e. The van der Waals surface area contributed by atoms with Gasteiger partial charge in [-0.1, -0.05) is 0 Å². The molecule has 5 heteroatoms. The molecular weight excluding hydrogens is 158 g/mol. The molecule has 0 saturated carbocycles. The van der Waals surface area contributed by atoms with Gasteiger partial charge in [0.1, 0.15) is 0 Å². The Kier molecular flexibility index (Phi) is 2.03. The van der Waals surface area contributed by atoms with Gasteiger partial charge in [0.15, 0.2) is 0 Å². The van der Waals surface area contributed by atoms with Crippen molar-refractivity contribution in [1.29, 1.82) is 0 Å². The van der Waals surface area contributed by atoms with Crippen LogP contribution < -0.4 is 11.1 Å². The highest BCUT2D eigenvalue weighted by atomic mass is 16.2. The maximum atomic E-state index is 11.0. The lowest BCUT2D eigenvalue weighted by molar-refractivity contribution is -0.114. The average molecular weight is 169 g/mol. The van der Waals surface area contributed by atoms with Gasteiger partial charge in [0.05, 0.1) is 12.1 Å². The van der Waals surface area contributed by atoms with Crippen molar-refractivity contribution in [3.63, 3.8) is 0 Å². The number of hydrogen-bond donors (Lipinski definition) is 2. The highest BCUT2D eigenvalue weighted by Gasteiger charge is 2.22. The average Bonchev–Trinajstić information content (AvgIpc) is 2.00. The van der Waals surface area contributed by atoms with E-state index in [0.717, 1.165) is 0 Å². The molecule has 1 aliphatic heterocycles. The summed E-state index contributed by atoms with van der Waals surface area (Å²) >= 11 is 0. The van der Waals surface area contributed by atoms with Crippen LogP contribution in [0.5, 0.6) is 0 Å². The SMILES string of the molecule is CC1=C(C(N)=O)CNC(=O)N1C. The predicted molar refractivity (Wildman–Crippen MR) is 43.1 cm³/mol. The van der Waals surface area contributed by atoms with E-state index < -0.39 is 5.91 Å². The Hall–Kier alpha value is -1.52. The van der Waals surface area contributed by atoms with Crippen molar-refractivity contribution in [2.24, 2.45) is 5.73 Å². The van der Waals surface area contributed by atoms with Crippen LogP contribution in [0, 0.1) is 0 Å². The van der Waals surface area contributed by atoms with Crippen molar-refractivity contribution in [3.8, 4) is 0 Å². The van der Waals surface area contributed by atoms with Crippen molar-refractivity contribution in [1.82, 2.24) is 10.2 Å². The second-order valence-electron chi connectivity index (χ2n) is 2.65. The van der Waals surface area contributed by atoms with E-state index in [2.05, 4.69) is 5.32 Å². The Morgan fingerprint density at radius 1 is 1.67 bits per heavy atom. The lowest BCUT2D eigenvalue weighted by Gasteiger charge is -2.26. The van der Waals surface area contributed by atoms with E-state index in [-0.39, 0.29) is 12.6 Å². The molecule has 0 atom stereocenters. The molecule has 0 aromatic carbocycles. The Labute approximate surface area is 70.2 Å². The quantitative estimate of drug-likeness (QED) is 0.550. The molecule has 66 valence electrons. The van der Waals surface area contributed by atoms with Gasteiger partial charge in [0.25, 0.3) is 0 Å². The smallest absolute Gasteiger partial charge is 0.321 e. The minimum Gasteiger partial charge on any atom is -0.366 e. The Bertz CT molecular complexity index is 270. The lowest BCUT2D eigenvalue weighted by Crippen LogP contribution is -2.45. The number of nitrogens with zero attached hydrogens (tertiary/aromatic N) is 1. The molecule has 0 fully saturated rings. The number of nitrogens with one attached hydrogen (secondary N) is 1. The second kappa shape index (κ2) is 2.84. The minimum atomic E-state index is -0.487. The molecule has 0 unspecified atom stereocenters. The third-order valence-electron chi connectivity index (χ3n) is 1.96. The topological polar surface area (TPSA) is 75.4 Å². The highest BCUT2D eigenvalue weighted by Crippen LogP contribution is 2.11. The van der Waals surface area contributed by atoms with Crippen molar-refractivity contribution >= 4 is 11.9 Å². The maximum absolute atomic E-state index is 11.0. The van der Waals surface area contributed by atoms with E-state index in [4.69, 9.17) is 5.73 Å². The van der Waals surface area contributed by atoms with Gasteiger partial charge in [-0.3, -0.25) is 4.79 Å². The van der Waals surface area contributed by atoms with E-state index in [1.807, 2.05) is 0 Å². The zero-order valence-electron chi connectivity index (χ0n) is 7.05. The largest absolute Gasteiger partial charge is 0.366 e. The van der Waals surface area contributed by atoms with Crippen LogP contribution in [0.25, 0.3) is 0 Å². The second-order valence-corrected chi connectivity index (χ2v) is 2.65. The van der Waals surface area contributed by atoms with Gasteiger partial charge in [0.2, 0.25) is 5.91 Å². The summed E-state index contributed by atoms with van der Waals surface area (Å²) in [5.74, 6) is -0.487. The summed E-state index contributed by atoms with van der Waals surface area (Å²) in [7, 11) is 1.59. The van der Waals surface area contributed by atoms with Crippen LogP contribution in [-0.4, -0.2) is 30.4 Å². The van der Waals surface area contributed by atoms with Crippen LogP contribution in [-0.2, 0) is 4.79 Å². The summed E-state index contributed by atoms with van der Waals surface area (Å²) in [6, 6.07) is -0.211. The molecule has 12 heavy (non-hydrogen) atoms. The fourth-order valence-corrected chi connectivity index (χ4v) is 1.03. The van der Waals surface area contributed by atoms with Gasteiger partial charge in [-0.25, -0.2) is 4.79 Å². The number of nitrogens with two attached hydrogens (primary N) is 1. The number of primary amides is 1. The first-order valence-corrected chi connectivity index (χ1v) is 3.55. The van der Waals surface area contributed by atoms with Crippen molar-refractivity contribution in [2.75, 3.05) is 13.6 Å². The van der Waals surface area contributed by atoms with Crippen LogP contribution in [0.3, 0.4) is 0 Å². The number of urea groups is 1. The first kappa shape index (κ1) is 8.58. The summed E-state index contributed by atoms with van der Waals surface area (Å²) in [6.07, 6.45) is 0. The van der Waals surface area contributed by atoms with Crippen molar-refractivity contribution < 1.29 is 9.59 Å². The third kappa shape index (κ3) is 1.25. The number of carbonyl (C=O) groups is 2. The normalized spacial score (nSPS) is 17.8. The van der Waals surface area contributed by atoms with Gasteiger partial charge in [0, 0.05) is 12.7 Å². The molecule has 1 rings (SSSR count). The summed E-state index contributed by atoms with van der Waals surface area (Å²) < 4.78 is 0. The van der Waals surface area contributed by atoms with Gasteiger partial charge in [-0.05, 0) is 6.92 Å². The van der Waals surface area contributed by atoms with Gasteiger partial charge >= 0.3 is 6.03 Å². The minimum absolute atomic E-state index is 0.211.